The van der Waals surface area contributed by atoms with Gasteiger partial charge in [0.15, 0.2) is 5.78 Å². The summed E-state index contributed by atoms with van der Waals surface area (Å²) < 4.78 is 1.09. The number of allylic oxidation sites excluding steroid dienone is 1. The number of aliphatic hydroxyl groups is 1. The van der Waals surface area contributed by atoms with Gasteiger partial charge in [-0.05, 0) is 28.8 Å². The Balaban J connectivity index is 2.83. The Bertz CT molecular complexity index is 248. The largest absolute Gasteiger partial charge is 0.388 e. The second-order valence-corrected chi connectivity index (χ2v) is 4.91. The van der Waals surface area contributed by atoms with Gasteiger partial charge in [-0.25, -0.2) is 0 Å². The minimum Gasteiger partial charge on any atom is -0.388 e. The van der Waals surface area contributed by atoms with Crippen LogP contribution in [-0.4, -0.2) is 17.0 Å². The number of aliphatic hydroxyl groups excluding tert-OH is 1. The minimum absolute atomic E-state index is 0.0179. The first kappa shape index (κ1) is 11.4. The minimum atomic E-state index is -0.524. The zero-order chi connectivity index (χ0) is 10.0. The number of halogens is 2. The molecule has 0 aromatic heterocycles. The van der Waals surface area contributed by atoms with Crippen molar-refractivity contribution in [1.29, 1.82) is 0 Å². The molecule has 2 atom stereocenters. The molecule has 1 rings (SSSR count). The van der Waals surface area contributed by atoms with Gasteiger partial charge in [-0.15, -0.1) is 0 Å². The first-order chi connectivity index (χ1) is 6.07. The Morgan fingerprint density at radius 1 is 1.54 bits per heavy atom. The molecule has 0 aromatic carbocycles. The first-order valence-corrected chi connectivity index (χ1v) is 5.94. The van der Waals surface area contributed by atoms with Gasteiger partial charge < -0.3 is 5.11 Å². The van der Waals surface area contributed by atoms with Crippen LogP contribution in [0.5, 0.6) is 0 Å². The summed E-state index contributed by atoms with van der Waals surface area (Å²) >= 11 is 6.39. The van der Waals surface area contributed by atoms with Crippen molar-refractivity contribution in [1.82, 2.24) is 0 Å². The molecule has 2 nitrogen and oxygen atoms in total. The van der Waals surface area contributed by atoms with Gasteiger partial charge in [-0.1, -0.05) is 29.3 Å². The van der Waals surface area contributed by atoms with Crippen LogP contribution in [0.15, 0.2) is 8.96 Å². The highest BCUT2D eigenvalue weighted by molar-refractivity contribution is 9.14. The maximum atomic E-state index is 11.6. The number of hydrogen-bond acceptors (Lipinski definition) is 2. The van der Waals surface area contributed by atoms with Gasteiger partial charge in [-0.3, -0.25) is 4.79 Å². The summed E-state index contributed by atoms with van der Waals surface area (Å²) in [7, 11) is 0. The summed E-state index contributed by atoms with van der Waals surface area (Å²) in [5.74, 6) is 0.0923. The molecule has 1 N–H and O–H groups in total. The van der Waals surface area contributed by atoms with E-state index < -0.39 is 6.10 Å². The van der Waals surface area contributed by atoms with Gasteiger partial charge in [0.25, 0.3) is 0 Å². The van der Waals surface area contributed by atoms with Gasteiger partial charge in [-0.2, -0.15) is 0 Å². The summed E-state index contributed by atoms with van der Waals surface area (Å²) in [6.07, 6.45) is 1.85. The topological polar surface area (TPSA) is 37.3 Å². The lowest BCUT2D eigenvalue weighted by Gasteiger charge is -2.24. The van der Waals surface area contributed by atoms with E-state index in [1.165, 1.54) is 0 Å². The molecule has 74 valence electrons. The fraction of sp³-hybridized carbons (Fsp3) is 0.667. The SMILES string of the molecule is CCCC1CC(O)C(Br)=C(Br)C1=O. The maximum absolute atomic E-state index is 11.6. The van der Waals surface area contributed by atoms with Crippen molar-refractivity contribution in [3.63, 3.8) is 0 Å². The molecule has 13 heavy (non-hydrogen) atoms. The average molecular weight is 312 g/mol. The van der Waals surface area contributed by atoms with Gasteiger partial charge >= 0.3 is 0 Å². The Labute approximate surface area is 94.7 Å². The fourth-order valence-corrected chi connectivity index (χ4v) is 2.49. The Kier molecular flexibility index (Phi) is 4.13. The van der Waals surface area contributed by atoms with Crippen molar-refractivity contribution >= 4 is 37.6 Å². The third-order valence-corrected chi connectivity index (χ3v) is 4.51. The van der Waals surface area contributed by atoms with Crippen LogP contribution in [0.3, 0.4) is 0 Å². The lowest BCUT2D eigenvalue weighted by Crippen LogP contribution is -2.27. The zero-order valence-electron chi connectivity index (χ0n) is 7.39. The molecule has 0 amide bonds. The van der Waals surface area contributed by atoms with Gasteiger partial charge in [0, 0.05) is 10.4 Å². The number of rotatable bonds is 2. The lowest BCUT2D eigenvalue weighted by atomic mass is 9.88. The monoisotopic (exact) mass is 310 g/mol. The Hall–Kier alpha value is 0.330. The highest BCUT2D eigenvalue weighted by atomic mass is 79.9. The molecule has 0 bridgehead atoms. The lowest BCUT2D eigenvalue weighted by molar-refractivity contribution is -0.120. The molecule has 1 aliphatic rings. The van der Waals surface area contributed by atoms with Crippen molar-refractivity contribution in [2.75, 3.05) is 0 Å². The quantitative estimate of drug-likeness (QED) is 0.851. The van der Waals surface area contributed by atoms with E-state index in [4.69, 9.17) is 0 Å². The van der Waals surface area contributed by atoms with Crippen LogP contribution in [0.1, 0.15) is 26.2 Å². The number of hydrogen-bond donors (Lipinski definition) is 1. The number of Topliss-reactive ketones (excluding diaryl/α,β-unsaturated/α-hetero) is 1. The molecule has 1 aliphatic carbocycles. The van der Waals surface area contributed by atoms with Crippen LogP contribution in [0.25, 0.3) is 0 Å². The molecule has 0 spiro atoms. The van der Waals surface area contributed by atoms with E-state index in [2.05, 4.69) is 31.9 Å². The fourth-order valence-electron chi connectivity index (χ4n) is 1.52. The third-order valence-electron chi connectivity index (χ3n) is 2.23. The van der Waals surface area contributed by atoms with Gasteiger partial charge in [0.1, 0.15) is 0 Å². The summed E-state index contributed by atoms with van der Waals surface area (Å²) in [6.45, 7) is 2.04. The van der Waals surface area contributed by atoms with Crippen LogP contribution in [0.2, 0.25) is 0 Å². The van der Waals surface area contributed by atoms with Crippen LogP contribution in [0.4, 0.5) is 0 Å². The van der Waals surface area contributed by atoms with E-state index in [1.807, 2.05) is 6.92 Å². The summed E-state index contributed by atoms with van der Waals surface area (Å²) in [5.41, 5.74) is 0. The molecule has 0 fully saturated rings. The summed E-state index contributed by atoms with van der Waals surface area (Å²) in [6, 6.07) is 0. The van der Waals surface area contributed by atoms with Crippen LogP contribution in [-0.2, 0) is 4.79 Å². The smallest absolute Gasteiger partial charge is 0.173 e. The third kappa shape index (κ3) is 2.42. The molecule has 2 unspecified atom stereocenters. The zero-order valence-corrected chi connectivity index (χ0v) is 10.6. The molecule has 0 radical (unpaired) electrons. The molecule has 0 heterocycles. The van der Waals surface area contributed by atoms with E-state index in [-0.39, 0.29) is 11.7 Å². The van der Waals surface area contributed by atoms with E-state index in [9.17, 15) is 9.90 Å². The molecule has 0 aromatic rings. The van der Waals surface area contributed by atoms with Crippen molar-refractivity contribution in [2.45, 2.75) is 32.3 Å². The van der Waals surface area contributed by atoms with Crippen LogP contribution < -0.4 is 0 Å². The molecular formula is C9H12Br2O2. The van der Waals surface area contributed by atoms with Gasteiger partial charge in [0.05, 0.1) is 10.6 Å². The van der Waals surface area contributed by atoms with E-state index in [0.29, 0.717) is 15.4 Å². The standard InChI is InChI=1S/C9H12Br2O2/c1-2-3-5-4-6(12)7(10)8(11)9(5)13/h5-6,12H,2-4H2,1H3. The second-order valence-electron chi connectivity index (χ2n) is 3.26. The normalized spacial score (nSPS) is 29.7. The number of carbonyl (C=O) groups excluding carboxylic acids is 1. The highest BCUT2D eigenvalue weighted by Gasteiger charge is 2.31. The van der Waals surface area contributed by atoms with E-state index in [0.717, 1.165) is 12.8 Å². The summed E-state index contributed by atoms with van der Waals surface area (Å²) in [4.78, 5) is 11.6. The predicted octanol–water partition coefficient (Wildman–Crippen LogP) is 2.74. The molecule has 0 saturated heterocycles. The van der Waals surface area contributed by atoms with Crippen LogP contribution in [0, 0.1) is 5.92 Å². The Morgan fingerprint density at radius 2 is 2.15 bits per heavy atom. The Morgan fingerprint density at radius 3 is 2.69 bits per heavy atom. The van der Waals surface area contributed by atoms with E-state index >= 15 is 0 Å². The van der Waals surface area contributed by atoms with Crippen molar-refractivity contribution < 1.29 is 9.90 Å². The second kappa shape index (κ2) is 4.71. The molecular weight excluding hydrogens is 300 g/mol. The van der Waals surface area contributed by atoms with Gasteiger partial charge in [0.2, 0.25) is 0 Å². The summed E-state index contributed by atoms with van der Waals surface area (Å²) in [5, 5.41) is 9.58. The van der Waals surface area contributed by atoms with E-state index in [1.54, 1.807) is 0 Å². The molecule has 4 heteroatoms. The number of carbonyl (C=O) groups is 1. The average Bonchev–Trinajstić information content (AvgIpc) is 2.11. The van der Waals surface area contributed by atoms with Crippen molar-refractivity contribution in [3.05, 3.63) is 8.96 Å². The first-order valence-electron chi connectivity index (χ1n) is 4.35. The molecule has 0 aliphatic heterocycles. The van der Waals surface area contributed by atoms with Crippen LogP contribution >= 0.6 is 31.9 Å². The van der Waals surface area contributed by atoms with Crippen molar-refractivity contribution in [3.8, 4) is 0 Å². The molecule has 0 saturated carbocycles. The predicted molar refractivity (Wildman–Crippen MR) is 58.9 cm³/mol. The van der Waals surface area contributed by atoms with Crippen molar-refractivity contribution in [2.24, 2.45) is 5.92 Å². The maximum Gasteiger partial charge on any atom is 0.173 e. The highest BCUT2D eigenvalue weighted by Crippen LogP contribution is 2.35. The number of ketones is 1.